The minimum Gasteiger partial charge on any atom is -0.436 e. The van der Waals surface area contributed by atoms with Gasteiger partial charge in [0.2, 0.25) is 5.54 Å². The smallest absolute Gasteiger partial charge is 0.405 e. The van der Waals surface area contributed by atoms with Gasteiger partial charge in [-0.1, -0.05) is 36.3 Å². The van der Waals surface area contributed by atoms with Crippen LogP contribution in [-0.2, 0) is 29.1 Å². The number of carbonyl (C=O) groups excluding carboxylic acids is 4. The molecule has 2 aliphatic heterocycles. The van der Waals surface area contributed by atoms with E-state index in [0.29, 0.717) is 24.9 Å². The van der Waals surface area contributed by atoms with Gasteiger partial charge in [-0.25, -0.2) is 13.2 Å². The molecule has 1 saturated heterocycles. The molecule has 4 unspecified atom stereocenters. The summed E-state index contributed by atoms with van der Waals surface area (Å²) in [6.45, 7) is 1.87. The number of allylic oxidation sites excluding steroid dienone is 1. The lowest BCUT2D eigenvalue weighted by Crippen LogP contribution is -2.68. The predicted molar refractivity (Wildman–Crippen MR) is 142 cm³/mol. The molecule has 1 aliphatic carbocycles. The van der Waals surface area contributed by atoms with Gasteiger partial charge in [0.05, 0.1) is 0 Å². The second-order valence-electron chi connectivity index (χ2n) is 10.4. The van der Waals surface area contributed by atoms with Gasteiger partial charge in [-0.2, -0.15) is 0 Å². The molecule has 1 aromatic rings. The zero-order chi connectivity index (χ0) is 28.4. The molecule has 6 N–H and O–H groups in total. The number of ether oxygens (including phenoxy) is 1. The van der Waals surface area contributed by atoms with Crippen LogP contribution in [0.25, 0.3) is 0 Å². The number of carbonyl (C=O) groups is 4. The fourth-order valence-corrected chi connectivity index (χ4v) is 7.20. The molecule has 12 nitrogen and oxygen atoms in total. The lowest BCUT2D eigenvalue weighted by atomic mass is 9.92. The van der Waals surface area contributed by atoms with Crippen molar-refractivity contribution in [2.24, 2.45) is 17.4 Å². The van der Waals surface area contributed by atoms with Crippen LogP contribution in [0.1, 0.15) is 56.9 Å². The SMILES string of the molecule is Cc1ccc(NS(=O)(=O)C23CC2/C=C\CCCCCC(OC(N)=O)C(=O)N2CCCC2(C(N)=O)C(=O)N3)cc1. The van der Waals surface area contributed by atoms with Crippen LogP contribution < -0.4 is 21.5 Å². The van der Waals surface area contributed by atoms with E-state index in [-0.39, 0.29) is 32.2 Å². The van der Waals surface area contributed by atoms with E-state index in [4.69, 9.17) is 16.2 Å². The first-order chi connectivity index (χ1) is 18.4. The fraction of sp³-hybridized carbons (Fsp3) is 0.538. The van der Waals surface area contributed by atoms with Gasteiger partial charge in [0.1, 0.15) is 0 Å². The summed E-state index contributed by atoms with van der Waals surface area (Å²) < 4.78 is 35.1. The van der Waals surface area contributed by atoms with Crippen molar-refractivity contribution in [3.8, 4) is 0 Å². The predicted octanol–water partition coefficient (Wildman–Crippen LogP) is 1.40. The number of amides is 4. The number of fused-ring (bicyclic) bond motifs is 2. The minimum atomic E-state index is -4.22. The maximum atomic E-state index is 13.9. The molecule has 0 aromatic heterocycles. The molecule has 0 radical (unpaired) electrons. The Labute approximate surface area is 227 Å². The highest BCUT2D eigenvalue weighted by molar-refractivity contribution is 7.94. The zero-order valence-corrected chi connectivity index (χ0v) is 22.7. The van der Waals surface area contributed by atoms with Crippen molar-refractivity contribution in [1.29, 1.82) is 0 Å². The van der Waals surface area contributed by atoms with E-state index in [1.54, 1.807) is 30.3 Å². The molecule has 4 amide bonds. The maximum Gasteiger partial charge on any atom is 0.405 e. The number of aryl methyl sites for hydroxylation is 1. The topological polar surface area (TPSA) is 191 Å². The highest BCUT2D eigenvalue weighted by Gasteiger charge is 2.67. The summed E-state index contributed by atoms with van der Waals surface area (Å²) >= 11 is 0. The highest BCUT2D eigenvalue weighted by atomic mass is 32.2. The summed E-state index contributed by atoms with van der Waals surface area (Å²) in [4.78, 5) is 51.2. The number of nitrogens with one attached hydrogen (secondary N) is 2. The molecule has 1 saturated carbocycles. The van der Waals surface area contributed by atoms with Crippen molar-refractivity contribution in [2.45, 2.75) is 74.8 Å². The van der Waals surface area contributed by atoms with E-state index in [0.717, 1.165) is 16.9 Å². The quantitative estimate of drug-likeness (QED) is 0.308. The number of anilines is 1. The molecule has 1 aromatic carbocycles. The van der Waals surface area contributed by atoms with Gasteiger partial charge in [-0.05, 0) is 64.0 Å². The summed E-state index contributed by atoms with van der Waals surface area (Å²) in [5, 5.41) is 2.61. The number of primary amides is 2. The Balaban J connectivity index is 1.73. The van der Waals surface area contributed by atoms with E-state index in [9.17, 15) is 27.6 Å². The molecular formula is C26H35N5O7S. The summed E-state index contributed by atoms with van der Waals surface area (Å²) in [5.41, 5.74) is 10.1. The summed E-state index contributed by atoms with van der Waals surface area (Å²) in [5.74, 6) is -3.41. The largest absolute Gasteiger partial charge is 0.436 e. The van der Waals surface area contributed by atoms with Crippen molar-refractivity contribution < 1.29 is 32.3 Å². The molecule has 2 heterocycles. The van der Waals surface area contributed by atoms with Crippen molar-refractivity contribution in [2.75, 3.05) is 11.3 Å². The van der Waals surface area contributed by atoms with Gasteiger partial charge in [0.15, 0.2) is 11.0 Å². The van der Waals surface area contributed by atoms with Gasteiger partial charge in [-0.15, -0.1) is 0 Å². The average Bonchev–Trinajstić information content (AvgIpc) is 3.38. The normalized spacial score (nSPS) is 30.5. The second-order valence-corrected chi connectivity index (χ2v) is 12.4. The van der Waals surface area contributed by atoms with Crippen molar-refractivity contribution in [3.05, 3.63) is 42.0 Å². The molecule has 4 rings (SSSR count). The Morgan fingerprint density at radius 1 is 1.10 bits per heavy atom. The van der Waals surface area contributed by atoms with Crippen LogP contribution in [0.3, 0.4) is 0 Å². The molecule has 4 atom stereocenters. The van der Waals surface area contributed by atoms with E-state index in [2.05, 4.69) is 10.0 Å². The Bertz CT molecular complexity index is 1280. The molecule has 0 spiro atoms. The van der Waals surface area contributed by atoms with Gasteiger partial charge < -0.3 is 26.4 Å². The molecular weight excluding hydrogens is 526 g/mol. The van der Waals surface area contributed by atoms with Gasteiger partial charge in [0, 0.05) is 18.2 Å². The number of hydrogen-bond donors (Lipinski definition) is 4. The first kappa shape index (κ1) is 28.4. The Morgan fingerprint density at radius 2 is 1.82 bits per heavy atom. The number of nitrogens with two attached hydrogens (primary N) is 2. The lowest BCUT2D eigenvalue weighted by molar-refractivity contribution is -0.157. The second kappa shape index (κ2) is 10.9. The van der Waals surface area contributed by atoms with Crippen LogP contribution >= 0.6 is 0 Å². The summed E-state index contributed by atoms with van der Waals surface area (Å²) in [6.07, 6.45) is 4.20. The minimum absolute atomic E-state index is 0.00148. The zero-order valence-electron chi connectivity index (χ0n) is 21.9. The van der Waals surface area contributed by atoms with E-state index < -0.39 is 56.3 Å². The third kappa shape index (κ3) is 5.45. The molecule has 2 fully saturated rings. The third-order valence-corrected chi connectivity index (χ3v) is 9.78. The number of sulfonamides is 1. The highest BCUT2D eigenvalue weighted by Crippen LogP contribution is 2.50. The first-order valence-electron chi connectivity index (χ1n) is 13.1. The van der Waals surface area contributed by atoms with Crippen LogP contribution in [0.4, 0.5) is 10.5 Å². The molecule has 39 heavy (non-hydrogen) atoms. The van der Waals surface area contributed by atoms with Gasteiger partial charge in [-0.3, -0.25) is 19.1 Å². The van der Waals surface area contributed by atoms with Crippen molar-refractivity contribution in [3.63, 3.8) is 0 Å². The monoisotopic (exact) mass is 561 g/mol. The van der Waals surface area contributed by atoms with Crippen molar-refractivity contribution in [1.82, 2.24) is 10.2 Å². The van der Waals surface area contributed by atoms with Crippen LogP contribution in [0.15, 0.2) is 36.4 Å². The molecule has 13 heteroatoms. The number of rotatable bonds is 5. The molecule has 212 valence electrons. The first-order valence-corrected chi connectivity index (χ1v) is 14.6. The summed E-state index contributed by atoms with van der Waals surface area (Å²) in [7, 11) is -4.22. The standard InChI is InChI=1S/C26H35N5O7S/c1-17-10-12-19(13-11-17)30-39(36,37)26-16-18(26)8-5-3-2-4-6-9-20(38-24(28)35)21(32)31-15-7-14-25(31,22(27)33)23(34)29-26/h5,8,10-13,18,20,30H,2-4,6-7,9,14-16H2,1H3,(H2,27,33)(H2,28,35)(H,29,34)/b8-5-. The van der Waals surface area contributed by atoms with Crippen LogP contribution in [-0.4, -0.2) is 60.2 Å². The average molecular weight is 562 g/mol. The Kier molecular flexibility index (Phi) is 7.92. The van der Waals surface area contributed by atoms with Crippen molar-refractivity contribution >= 4 is 39.5 Å². The van der Waals surface area contributed by atoms with E-state index in [1.165, 1.54) is 0 Å². The van der Waals surface area contributed by atoms with Crippen LogP contribution in [0.5, 0.6) is 0 Å². The third-order valence-electron chi connectivity index (χ3n) is 7.74. The number of hydrogen-bond acceptors (Lipinski definition) is 7. The van der Waals surface area contributed by atoms with Crippen LogP contribution in [0.2, 0.25) is 0 Å². The Morgan fingerprint density at radius 3 is 2.49 bits per heavy atom. The maximum absolute atomic E-state index is 13.9. The van der Waals surface area contributed by atoms with Crippen LogP contribution in [0, 0.1) is 12.8 Å². The van der Waals surface area contributed by atoms with Gasteiger partial charge >= 0.3 is 6.09 Å². The van der Waals surface area contributed by atoms with Gasteiger partial charge in [0.25, 0.3) is 27.7 Å². The molecule has 0 bridgehead atoms. The fourth-order valence-electron chi connectivity index (χ4n) is 5.47. The number of benzene rings is 1. The van der Waals surface area contributed by atoms with E-state index >= 15 is 0 Å². The molecule has 3 aliphatic rings. The summed E-state index contributed by atoms with van der Waals surface area (Å²) in [6, 6.07) is 6.74. The Hall–Kier alpha value is -3.61. The lowest BCUT2D eigenvalue weighted by Gasteiger charge is -2.37. The van der Waals surface area contributed by atoms with E-state index in [1.807, 2.05) is 13.0 Å². The number of nitrogens with zero attached hydrogens (tertiary/aromatic N) is 1.